The van der Waals surface area contributed by atoms with Gasteiger partial charge in [-0.25, -0.2) is 0 Å². The van der Waals surface area contributed by atoms with Crippen molar-refractivity contribution in [3.63, 3.8) is 0 Å². The molecule has 0 atom stereocenters. The molecule has 0 aliphatic heterocycles. The summed E-state index contributed by atoms with van der Waals surface area (Å²) in [5.74, 6) is 0.535. The Bertz CT molecular complexity index is 601. The van der Waals surface area contributed by atoms with Gasteiger partial charge in [0.25, 0.3) is 0 Å². The van der Waals surface area contributed by atoms with Crippen LogP contribution in [0.25, 0.3) is 0 Å². The molecule has 0 spiro atoms. The van der Waals surface area contributed by atoms with Gasteiger partial charge in [0, 0.05) is 11.3 Å². The SMILES string of the molecule is CC(C)Oc1ccc(C(=O)c2c(N)cccc2Cl)cc1. The molecule has 104 valence electrons. The highest BCUT2D eigenvalue weighted by Crippen LogP contribution is 2.25. The Morgan fingerprint density at radius 2 is 1.80 bits per heavy atom. The molecule has 2 N–H and O–H groups in total. The number of halogens is 1. The fraction of sp³-hybridized carbons (Fsp3) is 0.188. The number of ketones is 1. The number of hydrogen-bond acceptors (Lipinski definition) is 3. The van der Waals surface area contributed by atoms with Gasteiger partial charge in [-0.1, -0.05) is 17.7 Å². The molecule has 0 heterocycles. The lowest BCUT2D eigenvalue weighted by Crippen LogP contribution is -2.08. The highest BCUT2D eigenvalue weighted by Gasteiger charge is 2.16. The Labute approximate surface area is 123 Å². The van der Waals surface area contributed by atoms with Crippen LogP contribution in [-0.4, -0.2) is 11.9 Å². The van der Waals surface area contributed by atoms with Crippen molar-refractivity contribution in [2.75, 3.05) is 5.73 Å². The molecule has 2 rings (SSSR count). The first-order chi connectivity index (χ1) is 9.49. The molecule has 20 heavy (non-hydrogen) atoms. The van der Waals surface area contributed by atoms with E-state index in [0.29, 0.717) is 21.8 Å². The molecule has 3 nitrogen and oxygen atoms in total. The van der Waals surface area contributed by atoms with Crippen LogP contribution in [0.3, 0.4) is 0 Å². The Morgan fingerprint density at radius 1 is 1.15 bits per heavy atom. The summed E-state index contributed by atoms with van der Waals surface area (Å²) in [6.45, 7) is 3.90. The van der Waals surface area contributed by atoms with Crippen LogP contribution in [0, 0.1) is 0 Å². The molecule has 0 fully saturated rings. The van der Waals surface area contributed by atoms with E-state index in [9.17, 15) is 4.79 Å². The summed E-state index contributed by atoms with van der Waals surface area (Å²) in [7, 11) is 0. The lowest BCUT2D eigenvalue weighted by Gasteiger charge is -2.10. The molecule has 0 saturated carbocycles. The number of ether oxygens (including phenoxy) is 1. The third-order valence-electron chi connectivity index (χ3n) is 2.76. The molecular weight excluding hydrogens is 274 g/mol. The third kappa shape index (κ3) is 3.11. The average molecular weight is 290 g/mol. The van der Waals surface area contributed by atoms with E-state index >= 15 is 0 Å². The van der Waals surface area contributed by atoms with Crippen molar-refractivity contribution < 1.29 is 9.53 Å². The van der Waals surface area contributed by atoms with Crippen LogP contribution in [0.15, 0.2) is 42.5 Å². The summed E-state index contributed by atoms with van der Waals surface area (Å²) in [5, 5.41) is 0.359. The summed E-state index contributed by atoms with van der Waals surface area (Å²) < 4.78 is 5.54. The number of anilines is 1. The quantitative estimate of drug-likeness (QED) is 0.685. The maximum atomic E-state index is 12.4. The lowest BCUT2D eigenvalue weighted by molar-refractivity contribution is 0.103. The topological polar surface area (TPSA) is 52.3 Å². The van der Waals surface area contributed by atoms with E-state index < -0.39 is 0 Å². The average Bonchev–Trinajstić information content (AvgIpc) is 2.38. The Hall–Kier alpha value is -2.00. The summed E-state index contributed by atoms with van der Waals surface area (Å²) >= 11 is 6.05. The van der Waals surface area contributed by atoms with Crippen LogP contribution in [0.2, 0.25) is 5.02 Å². The highest BCUT2D eigenvalue weighted by atomic mass is 35.5. The zero-order chi connectivity index (χ0) is 14.7. The van der Waals surface area contributed by atoms with E-state index in [-0.39, 0.29) is 11.9 Å². The van der Waals surface area contributed by atoms with Gasteiger partial charge in [-0.15, -0.1) is 0 Å². The number of hydrogen-bond donors (Lipinski definition) is 1. The number of nitrogen functional groups attached to an aromatic ring is 1. The minimum Gasteiger partial charge on any atom is -0.491 e. The lowest BCUT2D eigenvalue weighted by atomic mass is 10.0. The van der Waals surface area contributed by atoms with Gasteiger partial charge in [0.15, 0.2) is 5.78 Å². The monoisotopic (exact) mass is 289 g/mol. The number of rotatable bonds is 4. The van der Waals surface area contributed by atoms with Crippen LogP contribution in [0.5, 0.6) is 5.75 Å². The van der Waals surface area contributed by atoms with Crippen molar-refractivity contribution in [2.24, 2.45) is 0 Å². The van der Waals surface area contributed by atoms with Gasteiger partial charge < -0.3 is 10.5 Å². The molecule has 0 aliphatic rings. The molecule has 0 aliphatic carbocycles. The Morgan fingerprint density at radius 3 is 2.35 bits per heavy atom. The van der Waals surface area contributed by atoms with E-state index in [0.717, 1.165) is 5.75 Å². The molecule has 0 radical (unpaired) electrons. The smallest absolute Gasteiger partial charge is 0.196 e. The van der Waals surface area contributed by atoms with Crippen molar-refractivity contribution in [1.82, 2.24) is 0 Å². The van der Waals surface area contributed by atoms with Crippen molar-refractivity contribution in [3.05, 3.63) is 58.6 Å². The second kappa shape index (κ2) is 5.97. The molecule has 0 bridgehead atoms. The number of nitrogens with two attached hydrogens (primary N) is 1. The minimum absolute atomic E-state index is 0.0933. The van der Waals surface area contributed by atoms with E-state index in [2.05, 4.69) is 0 Å². The summed E-state index contributed by atoms with van der Waals surface area (Å²) in [4.78, 5) is 12.4. The minimum atomic E-state index is -0.191. The van der Waals surface area contributed by atoms with E-state index in [1.165, 1.54) is 0 Å². The zero-order valence-corrected chi connectivity index (χ0v) is 12.1. The predicted molar refractivity (Wildman–Crippen MR) is 81.5 cm³/mol. The highest BCUT2D eigenvalue weighted by molar-refractivity contribution is 6.35. The third-order valence-corrected chi connectivity index (χ3v) is 3.08. The Balaban J connectivity index is 2.30. The molecule has 2 aromatic rings. The fourth-order valence-electron chi connectivity index (χ4n) is 1.88. The van der Waals surface area contributed by atoms with Gasteiger partial charge in [0.1, 0.15) is 5.75 Å². The van der Waals surface area contributed by atoms with E-state index in [4.69, 9.17) is 22.1 Å². The number of carbonyl (C=O) groups excluding carboxylic acids is 1. The van der Waals surface area contributed by atoms with Crippen LogP contribution in [0.1, 0.15) is 29.8 Å². The largest absolute Gasteiger partial charge is 0.491 e. The van der Waals surface area contributed by atoms with Gasteiger partial charge in [0.05, 0.1) is 16.7 Å². The van der Waals surface area contributed by atoms with Crippen LogP contribution in [-0.2, 0) is 0 Å². The van der Waals surface area contributed by atoms with Gasteiger partial charge >= 0.3 is 0 Å². The van der Waals surface area contributed by atoms with Crippen molar-refractivity contribution >= 4 is 23.1 Å². The number of carbonyl (C=O) groups is 1. The molecule has 2 aromatic carbocycles. The van der Waals surface area contributed by atoms with Crippen molar-refractivity contribution in [1.29, 1.82) is 0 Å². The first-order valence-corrected chi connectivity index (χ1v) is 6.72. The molecule has 0 saturated heterocycles. The molecule has 4 heteroatoms. The normalized spacial score (nSPS) is 10.6. The summed E-state index contributed by atoms with van der Waals surface area (Å²) in [6.07, 6.45) is 0.0933. The van der Waals surface area contributed by atoms with Crippen molar-refractivity contribution in [2.45, 2.75) is 20.0 Å². The predicted octanol–water partition coefficient (Wildman–Crippen LogP) is 3.94. The second-order valence-corrected chi connectivity index (χ2v) is 5.13. The molecular formula is C16H16ClNO2. The second-order valence-electron chi connectivity index (χ2n) is 4.72. The Kier molecular flexibility index (Phi) is 4.30. The van der Waals surface area contributed by atoms with Gasteiger partial charge in [-0.05, 0) is 50.2 Å². The van der Waals surface area contributed by atoms with Crippen molar-refractivity contribution in [3.8, 4) is 5.75 Å². The van der Waals surface area contributed by atoms with Gasteiger partial charge in [-0.3, -0.25) is 4.79 Å². The summed E-state index contributed by atoms with van der Waals surface area (Å²) in [5.41, 5.74) is 7.07. The van der Waals surface area contributed by atoms with E-state index in [1.54, 1.807) is 42.5 Å². The van der Waals surface area contributed by atoms with Gasteiger partial charge in [-0.2, -0.15) is 0 Å². The first-order valence-electron chi connectivity index (χ1n) is 6.34. The standard InChI is InChI=1S/C16H16ClNO2/c1-10(2)20-12-8-6-11(7-9-12)16(19)15-13(17)4-3-5-14(15)18/h3-10H,18H2,1-2H3. The maximum absolute atomic E-state index is 12.4. The number of benzene rings is 2. The van der Waals surface area contributed by atoms with Crippen LogP contribution in [0.4, 0.5) is 5.69 Å². The molecule has 0 amide bonds. The summed E-state index contributed by atoms with van der Waals surface area (Å²) in [6, 6.07) is 12.0. The van der Waals surface area contributed by atoms with Crippen LogP contribution < -0.4 is 10.5 Å². The first kappa shape index (κ1) is 14.4. The van der Waals surface area contributed by atoms with Crippen LogP contribution >= 0.6 is 11.6 Å². The fourth-order valence-corrected chi connectivity index (χ4v) is 2.15. The van der Waals surface area contributed by atoms with Gasteiger partial charge in [0.2, 0.25) is 0 Å². The zero-order valence-electron chi connectivity index (χ0n) is 11.4. The molecule has 0 unspecified atom stereocenters. The van der Waals surface area contributed by atoms with E-state index in [1.807, 2.05) is 13.8 Å². The maximum Gasteiger partial charge on any atom is 0.196 e. The molecule has 0 aromatic heterocycles.